The zero-order valence-electron chi connectivity index (χ0n) is 24.3. The maximum absolute atomic E-state index is 13.8. The highest BCUT2D eigenvalue weighted by molar-refractivity contribution is 6.74. The van der Waals surface area contributed by atoms with Crippen LogP contribution in [0.25, 0.3) is 0 Å². The Labute approximate surface area is 241 Å². The minimum atomic E-state index is -2.34. The van der Waals surface area contributed by atoms with Crippen molar-refractivity contribution in [1.82, 2.24) is 4.90 Å². The Balaban J connectivity index is 1.53. The molecule has 2 heterocycles. The van der Waals surface area contributed by atoms with Gasteiger partial charge in [0.1, 0.15) is 24.8 Å². The lowest BCUT2D eigenvalue weighted by atomic mass is 9.84. The van der Waals surface area contributed by atoms with Crippen molar-refractivity contribution in [2.24, 2.45) is 0 Å². The molecule has 0 N–H and O–H groups in total. The summed E-state index contributed by atoms with van der Waals surface area (Å²) in [5.41, 5.74) is -0.239. The highest BCUT2D eigenvalue weighted by atomic mass is 28.4. The van der Waals surface area contributed by atoms with E-state index in [1.165, 1.54) is 12.0 Å². The number of benzene rings is 2. The molecule has 3 aliphatic rings. The van der Waals surface area contributed by atoms with Gasteiger partial charge in [0.05, 0.1) is 12.7 Å². The molecule has 5 atom stereocenters. The van der Waals surface area contributed by atoms with E-state index in [2.05, 4.69) is 33.9 Å². The smallest absolute Gasteiger partial charge is 0.411 e. The van der Waals surface area contributed by atoms with Gasteiger partial charge in [-0.3, -0.25) is 4.90 Å². The van der Waals surface area contributed by atoms with Gasteiger partial charge in [-0.15, -0.1) is 0 Å². The van der Waals surface area contributed by atoms with Gasteiger partial charge in [0.2, 0.25) is 5.79 Å². The van der Waals surface area contributed by atoms with E-state index in [1.54, 1.807) is 42.5 Å². The predicted molar refractivity (Wildman–Crippen MR) is 152 cm³/mol. The van der Waals surface area contributed by atoms with Crippen LogP contribution in [0.5, 0.6) is 0 Å². The fraction of sp³-hybridized carbons (Fsp3) is 0.452. The third-order valence-corrected chi connectivity index (χ3v) is 13.0. The largest absolute Gasteiger partial charge is 0.467 e. The number of esters is 2. The second-order valence-electron chi connectivity index (χ2n) is 12.3. The summed E-state index contributed by atoms with van der Waals surface area (Å²) in [6, 6.07) is 15.9. The van der Waals surface area contributed by atoms with Crippen molar-refractivity contribution in [2.75, 3.05) is 7.11 Å². The molecule has 0 saturated carbocycles. The molecule has 2 fully saturated rings. The number of nitrogens with zero attached hydrogens (tertiary/aromatic N) is 1. The quantitative estimate of drug-likeness (QED) is 0.145. The number of hydrogen-bond acceptors (Lipinski definition) is 8. The van der Waals surface area contributed by atoms with Crippen molar-refractivity contribution < 1.29 is 37.8 Å². The number of hydrogen-bond donors (Lipinski definition) is 0. The van der Waals surface area contributed by atoms with E-state index in [9.17, 15) is 14.4 Å². The Morgan fingerprint density at radius 3 is 2.24 bits per heavy atom. The van der Waals surface area contributed by atoms with Gasteiger partial charge in [0.15, 0.2) is 13.9 Å². The molecule has 1 amide bonds. The van der Waals surface area contributed by atoms with Crippen LogP contribution in [0.15, 0.2) is 72.8 Å². The average molecular weight is 580 g/mol. The molecule has 41 heavy (non-hydrogen) atoms. The van der Waals surface area contributed by atoms with Crippen LogP contribution in [-0.2, 0) is 34.8 Å². The van der Waals surface area contributed by atoms with Crippen molar-refractivity contribution in [1.29, 1.82) is 0 Å². The Hall–Kier alpha value is -3.47. The topological polar surface area (TPSA) is 104 Å². The van der Waals surface area contributed by atoms with E-state index in [0.717, 1.165) is 5.56 Å². The van der Waals surface area contributed by atoms with Crippen molar-refractivity contribution in [3.05, 3.63) is 83.9 Å². The van der Waals surface area contributed by atoms with Gasteiger partial charge in [0.25, 0.3) is 0 Å². The molecule has 0 bridgehead atoms. The van der Waals surface area contributed by atoms with E-state index in [4.69, 9.17) is 23.4 Å². The summed E-state index contributed by atoms with van der Waals surface area (Å²) in [6.45, 7) is 10.6. The van der Waals surface area contributed by atoms with Gasteiger partial charge in [-0.05, 0) is 48.0 Å². The second kappa shape index (κ2) is 10.4. The zero-order valence-corrected chi connectivity index (χ0v) is 25.3. The van der Waals surface area contributed by atoms with E-state index >= 15 is 0 Å². The first-order chi connectivity index (χ1) is 19.3. The Kier molecular flexibility index (Phi) is 7.38. The zero-order chi connectivity index (χ0) is 29.6. The summed E-state index contributed by atoms with van der Waals surface area (Å²) >= 11 is 0. The van der Waals surface area contributed by atoms with Crippen LogP contribution in [0.2, 0.25) is 18.1 Å². The molecule has 0 aromatic heterocycles. The lowest BCUT2D eigenvalue weighted by molar-refractivity contribution is -0.145. The highest BCUT2D eigenvalue weighted by Crippen LogP contribution is 2.58. The SMILES string of the molecule is COC(=O)[C@@H]1C[C@@]2(OC(=O)c3ccccc3)C=C[C@@]3(O[Si](C)(C)C(C)(C)C)O[C@H]3[C@H]2N1C(=O)OCc1ccccc1. The number of epoxide rings is 1. The van der Waals surface area contributed by atoms with Crippen molar-refractivity contribution >= 4 is 26.3 Å². The fourth-order valence-corrected chi connectivity index (χ4v) is 6.67. The number of carbonyl (C=O) groups is 3. The minimum absolute atomic E-state index is 0.000559. The Morgan fingerprint density at radius 1 is 1.00 bits per heavy atom. The first-order valence-electron chi connectivity index (χ1n) is 13.8. The first kappa shape index (κ1) is 29.0. The Morgan fingerprint density at radius 2 is 1.63 bits per heavy atom. The highest BCUT2D eigenvalue weighted by Gasteiger charge is 2.75. The molecule has 5 rings (SSSR count). The summed E-state index contributed by atoms with van der Waals surface area (Å²) in [5, 5.41) is -0.112. The molecule has 0 spiro atoms. The summed E-state index contributed by atoms with van der Waals surface area (Å²) in [5.74, 6) is -2.34. The van der Waals surface area contributed by atoms with E-state index in [1.807, 2.05) is 30.3 Å². The average Bonchev–Trinajstić information content (AvgIpc) is 3.54. The molecule has 2 aliphatic heterocycles. The number of likely N-dealkylation sites (tertiary alicyclic amines) is 1. The van der Waals surface area contributed by atoms with Crippen LogP contribution in [-0.4, -0.2) is 67.9 Å². The number of amides is 1. The minimum Gasteiger partial charge on any atom is -0.467 e. The number of ether oxygens (including phenoxy) is 4. The molecule has 218 valence electrons. The number of methoxy groups -OCH3 is 1. The maximum atomic E-state index is 13.8. The molecule has 2 aromatic carbocycles. The molecule has 1 aliphatic carbocycles. The van der Waals surface area contributed by atoms with Crippen LogP contribution in [0.3, 0.4) is 0 Å². The molecule has 10 heteroatoms. The molecule has 9 nitrogen and oxygen atoms in total. The van der Waals surface area contributed by atoms with Crippen molar-refractivity contribution in [3.63, 3.8) is 0 Å². The fourth-order valence-electron chi connectivity index (χ4n) is 5.34. The van der Waals surface area contributed by atoms with Crippen LogP contribution in [0.4, 0.5) is 4.79 Å². The van der Waals surface area contributed by atoms with E-state index in [0.29, 0.717) is 5.56 Å². The van der Waals surface area contributed by atoms with Gasteiger partial charge in [0, 0.05) is 6.42 Å². The molecular formula is C31H37NO8Si. The summed E-state index contributed by atoms with van der Waals surface area (Å²) in [4.78, 5) is 41.6. The molecule has 2 aromatic rings. The monoisotopic (exact) mass is 579 g/mol. The van der Waals surface area contributed by atoms with Crippen molar-refractivity contribution in [2.45, 2.75) is 81.5 Å². The number of fused-ring (bicyclic) bond motifs is 3. The predicted octanol–water partition coefficient (Wildman–Crippen LogP) is 5.22. The summed E-state index contributed by atoms with van der Waals surface area (Å²) in [7, 11) is -1.08. The first-order valence-corrected chi connectivity index (χ1v) is 16.7. The lowest BCUT2D eigenvalue weighted by Crippen LogP contribution is -2.57. The molecule has 2 saturated heterocycles. The lowest BCUT2D eigenvalue weighted by Gasteiger charge is -2.41. The second-order valence-corrected chi connectivity index (χ2v) is 17.0. The standard InChI is InChI=1S/C31H37NO8Si/c1-29(2,3)41(5,6)40-31-18-17-30(39-26(33)22-15-11-8-12-16-22)19-23(27(34)36-4)32(24(30)25(31)38-31)28(35)37-20-21-13-9-7-10-14-21/h7-18,23-25H,19-20H2,1-6H3/t23-,24+,25-,30-,31-/m0/s1. The molecule has 0 unspecified atom stereocenters. The van der Waals surface area contributed by atoms with E-state index in [-0.39, 0.29) is 18.1 Å². The van der Waals surface area contributed by atoms with Crippen molar-refractivity contribution in [3.8, 4) is 0 Å². The summed E-state index contributed by atoms with van der Waals surface area (Å²) in [6.07, 6.45) is 2.05. The van der Waals surface area contributed by atoms with Gasteiger partial charge >= 0.3 is 18.0 Å². The van der Waals surface area contributed by atoms with Gasteiger partial charge in [-0.1, -0.05) is 69.3 Å². The van der Waals surface area contributed by atoms with Crippen LogP contribution in [0.1, 0.15) is 43.1 Å². The van der Waals surface area contributed by atoms with Crippen LogP contribution < -0.4 is 0 Å². The molecule has 0 radical (unpaired) electrons. The molecular weight excluding hydrogens is 542 g/mol. The maximum Gasteiger partial charge on any atom is 0.411 e. The summed E-state index contributed by atoms with van der Waals surface area (Å²) < 4.78 is 30.0. The van der Waals surface area contributed by atoms with Gasteiger partial charge in [-0.2, -0.15) is 0 Å². The van der Waals surface area contributed by atoms with Crippen LogP contribution in [0, 0.1) is 0 Å². The Bertz CT molecular complexity index is 1340. The van der Waals surface area contributed by atoms with E-state index < -0.39 is 55.9 Å². The normalized spacial score (nSPS) is 28.3. The number of rotatable bonds is 7. The van der Waals surface area contributed by atoms with Gasteiger partial charge in [-0.25, -0.2) is 14.4 Å². The van der Waals surface area contributed by atoms with Gasteiger partial charge < -0.3 is 23.4 Å². The third-order valence-electron chi connectivity index (χ3n) is 8.59. The number of carbonyl (C=O) groups excluding carboxylic acids is 3. The van der Waals surface area contributed by atoms with Crippen LogP contribution >= 0.6 is 0 Å². The third kappa shape index (κ3) is 5.31.